The molecule has 1 saturated heterocycles. The molecule has 1 aliphatic heterocycles. The third kappa shape index (κ3) is 2.56. The third-order valence-corrected chi connectivity index (χ3v) is 6.78. The van der Waals surface area contributed by atoms with Gasteiger partial charge in [0.1, 0.15) is 0 Å². The van der Waals surface area contributed by atoms with Crippen molar-refractivity contribution < 1.29 is 0 Å². The first-order valence-corrected chi connectivity index (χ1v) is 9.46. The number of likely N-dealkylation sites (tertiary alicyclic amines) is 1. The van der Waals surface area contributed by atoms with E-state index < -0.39 is 0 Å². The summed E-state index contributed by atoms with van der Waals surface area (Å²) in [6.07, 6.45) is 15.7. The lowest BCUT2D eigenvalue weighted by molar-refractivity contribution is -0.120. The Bertz CT molecular complexity index is 286. The molecule has 0 aromatic carbocycles. The van der Waals surface area contributed by atoms with Gasteiger partial charge in [-0.25, -0.2) is 0 Å². The molecule has 0 amide bonds. The van der Waals surface area contributed by atoms with Gasteiger partial charge in [0.15, 0.2) is 0 Å². The molecule has 0 radical (unpaired) electrons. The van der Waals surface area contributed by atoms with Crippen LogP contribution >= 0.6 is 0 Å². The standard InChI is InChI=1S/C19H37N/c1-5-16-20-18(13-10-9-11-14-18)15-12-17(6-2)19(20,7-3)8-4/h17H,5-16H2,1-4H3. The lowest BCUT2D eigenvalue weighted by Crippen LogP contribution is -2.67. The molecule has 0 aromatic rings. The van der Waals surface area contributed by atoms with Crippen LogP contribution in [0.15, 0.2) is 0 Å². The smallest absolute Gasteiger partial charge is 0.0237 e. The molecule has 1 unspecified atom stereocenters. The monoisotopic (exact) mass is 279 g/mol. The summed E-state index contributed by atoms with van der Waals surface area (Å²) in [6.45, 7) is 11.0. The van der Waals surface area contributed by atoms with Crippen molar-refractivity contribution in [2.24, 2.45) is 5.92 Å². The van der Waals surface area contributed by atoms with Gasteiger partial charge in [-0.15, -0.1) is 0 Å². The van der Waals surface area contributed by atoms with Gasteiger partial charge in [0.2, 0.25) is 0 Å². The Morgan fingerprint density at radius 3 is 2.05 bits per heavy atom. The number of piperidine rings is 1. The van der Waals surface area contributed by atoms with Crippen LogP contribution in [0.3, 0.4) is 0 Å². The molecule has 2 fully saturated rings. The molecule has 1 nitrogen and oxygen atoms in total. The van der Waals surface area contributed by atoms with Crippen molar-refractivity contribution in [2.75, 3.05) is 6.54 Å². The van der Waals surface area contributed by atoms with Crippen molar-refractivity contribution in [3.05, 3.63) is 0 Å². The Morgan fingerprint density at radius 1 is 0.900 bits per heavy atom. The second-order valence-electron chi connectivity index (χ2n) is 7.39. The highest BCUT2D eigenvalue weighted by atomic mass is 15.3. The van der Waals surface area contributed by atoms with E-state index in [4.69, 9.17) is 0 Å². The first-order chi connectivity index (χ1) is 9.69. The van der Waals surface area contributed by atoms with Crippen molar-refractivity contribution in [2.45, 2.75) is 109 Å². The molecular formula is C19H37N. The summed E-state index contributed by atoms with van der Waals surface area (Å²) in [5.41, 5.74) is 1.08. The van der Waals surface area contributed by atoms with Gasteiger partial charge in [-0.05, 0) is 57.4 Å². The zero-order valence-electron chi connectivity index (χ0n) is 14.5. The van der Waals surface area contributed by atoms with E-state index in [-0.39, 0.29) is 0 Å². The third-order valence-electron chi connectivity index (χ3n) is 6.78. The number of nitrogens with zero attached hydrogens (tertiary/aromatic N) is 1. The van der Waals surface area contributed by atoms with Crippen molar-refractivity contribution in [1.29, 1.82) is 0 Å². The van der Waals surface area contributed by atoms with Crippen LogP contribution in [0.5, 0.6) is 0 Å². The zero-order valence-corrected chi connectivity index (χ0v) is 14.5. The van der Waals surface area contributed by atoms with Gasteiger partial charge >= 0.3 is 0 Å². The van der Waals surface area contributed by atoms with E-state index in [1.54, 1.807) is 0 Å². The Kier molecular flexibility index (Phi) is 5.56. The molecule has 0 bridgehead atoms. The highest BCUT2D eigenvalue weighted by Crippen LogP contribution is 2.52. The molecule has 20 heavy (non-hydrogen) atoms. The summed E-state index contributed by atoms with van der Waals surface area (Å²) in [4.78, 5) is 3.05. The van der Waals surface area contributed by atoms with Crippen LogP contribution in [0.2, 0.25) is 0 Å². The average molecular weight is 280 g/mol. The zero-order chi connectivity index (χ0) is 14.6. The van der Waals surface area contributed by atoms with Crippen LogP contribution in [0.4, 0.5) is 0 Å². The van der Waals surface area contributed by atoms with Gasteiger partial charge in [-0.2, -0.15) is 0 Å². The lowest BCUT2D eigenvalue weighted by Gasteiger charge is -2.63. The molecule has 1 atom stereocenters. The molecule has 118 valence electrons. The molecule has 2 rings (SSSR count). The van der Waals surface area contributed by atoms with E-state index in [1.165, 1.54) is 77.2 Å². The summed E-state index contributed by atoms with van der Waals surface area (Å²) in [7, 11) is 0. The second kappa shape index (κ2) is 6.81. The molecule has 1 heterocycles. The number of hydrogen-bond acceptors (Lipinski definition) is 1. The minimum absolute atomic E-state index is 0.500. The Morgan fingerprint density at radius 2 is 1.55 bits per heavy atom. The maximum absolute atomic E-state index is 3.05. The van der Waals surface area contributed by atoms with Crippen LogP contribution in [0.1, 0.15) is 98.3 Å². The van der Waals surface area contributed by atoms with E-state index in [9.17, 15) is 0 Å². The highest BCUT2D eigenvalue weighted by molar-refractivity contribution is 5.08. The van der Waals surface area contributed by atoms with Gasteiger partial charge < -0.3 is 0 Å². The fourth-order valence-corrected chi connectivity index (χ4v) is 5.75. The molecule has 2 aliphatic rings. The van der Waals surface area contributed by atoms with Gasteiger partial charge in [0.05, 0.1) is 0 Å². The predicted octanol–water partition coefficient (Wildman–Crippen LogP) is 5.78. The van der Waals surface area contributed by atoms with Crippen LogP contribution in [-0.4, -0.2) is 22.5 Å². The molecule has 0 N–H and O–H groups in total. The van der Waals surface area contributed by atoms with Gasteiger partial charge in [0, 0.05) is 11.1 Å². The molecule has 1 heteroatoms. The average Bonchev–Trinajstić information content (AvgIpc) is 2.50. The molecular weight excluding hydrogens is 242 g/mol. The van der Waals surface area contributed by atoms with Gasteiger partial charge in [-0.3, -0.25) is 4.90 Å². The summed E-state index contributed by atoms with van der Waals surface area (Å²) >= 11 is 0. The molecule has 0 aromatic heterocycles. The first-order valence-electron chi connectivity index (χ1n) is 9.46. The van der Waals surface area contributed by atoms with Gasteiger partial charge in [-0.1, -0.05) is 53.4 Å². The Labute approximate surface area is 127 Å². The van der Waals surface area contributed by atoms with Crippen molar-refractivity contribution in [1.82, 2.24) is 4.90 Å². The highest BCUT2D eigenvalue weighted by Gasteiger charge is 2.53. The van der Waals surface area contributed by atoms with Crippen LogP contribution in [0.25, 0.3) is 0 Å². The SMILES string of the molecule is CCCN1C2(CCCCC2)CCC(CC)C1(CC)CC. The summed E-state index contributed by atoms with van der Waals surface area (Å²) < 4.78 is 0. The maximum Gasteiger partial charge on any atom is 0.0237 e. The minimum atomic E-state index is 0.500. The summed E-state index contributed by atoms with van der Waals surface area (Å²) in [5, 5.41) is 0. The quantitative estimate of drug-likeness (QED) is 0.616. The topological polar surface area (TPSA) is 3.24 Å². The fourth-order valence-electron chi connectivity index (χ4n) is 5.75. The van der Waals surface area contributed by atoms with Crippen molar-refractivity contribution >= 4 is 0 Å². The lowest BCUT2D eigenvalue weighted by atomic mass is 9.62. The number of hydrogen-bond donors (Lipinski definition) is 0. The minimum Gasteiger partial charge on any atom is -0.292 e. The number of rotatable bonds is 5. The summed E-state index contributed by atoms with van der Waals surface area (Å²) in [5.74, 6) is 0.927. The van der Waals surface area contributed by atoms with E-state index >= 15 is 0 Å². The largest absolute Gasteiger partial charge is 0.292 e. The van der Waals surface area contributed by atoms with E-state index in [0.717, 1.165) is 5.92 Å². The van der Waals surface area contributed by atoms with Crippen molar-refractivity contribution in [3.63, 3.8) is 0 Å². The van der Waals surface area contributed by atoms with E-state index in [2.05, 4.69) is 32.6 Å². The van der Waals surface area contributed by atoms with E-state index in [1.807, 2.05) is 0 Å². The molecule has 1 saturated carbocycles. The predicted molar refractivity (Wildman–Crippen MR) is 89.1 cm³/mol. The first kappa shape index (κ1) is 16.3. The normalized spacial score (nSPS) is 29.7. The summed E-state index contributed by atoms with van der Waals surface area (Å²) in [6, 6.07) is 0. The molecule has 1 spiro atoms. The Balaban J connectivity index is 2.36. The van der Waals surface area contributed by atoms with E-state index in [0.29, 0.717) is 11.1 Å². The van der Waals surface area contributed by atoms with Crippen LogP contribution in [-0.2, 0) is 0 Å². The fraction of sp³-hybridized carbons (Fsp3) is 1.00. The van der Waals surface area contributed by atoms with Gasteiger partial charge in [0.25, 0.3) is 0 Å². The van der Waals surface area contributed by atoms with Crippen LogP contribution < -0.4 is 0 Å². The van der Waals surface area contributed by atoms with Crippen LogP contribution in [0, 0.1) is 5.92 Å². The maximum atomic E-state index is 3.05. The van der Waals surface area contributed by atoms with Crippen molar-refractivity contribution in [3.8, 4) is 0 Å². The molecule has 1 aliphatic carbocycles. The second-order valence-corrected chi connectivity index (χ2v) is 7.39. The Hall–Kier alpha value is -0.0400.